The molecule has 2 aromatic rings. The summed E-state index contributed by atoms with van der Waals surface area (Å²) in [5, 5.41) is 3.36. The van der Waals surface area contributed by atoms with E-state index in [1.165, 1.54) is 0 Å². The van der Waals surface area contributed by atoms with Crippen molar-refractivity contribution in [3.05, 3.63) is 59.1 Å². The first-order valence-corrected chi connectivity index (χ1v) is 7.82. The summed E-state index contributed by atoms with van der Waals surface area (Å²) in [5.74, 6) is 1.19. The maximum absolute atomic E-state index is 12.0. The van der Waals surface area contributed by atoms with Crippen LogP contribution in [0.15, 0.2) is 48.5 Å². The van der Waals surface area contributed by atoms with E-state index in [0.29, 0.717) is 23.9 Å². The van der Waals surface area contributed by atoms with Crippen LogP contribution in [0, 0.1) is 6.92 Å². The van der Waals surface area contributed by atoms with Crippen molar-refractivity contribution in [2.24, 2.45) is 0 Å². The highest BCUT2D eigenvalue weighted by Gasteiger charge is 2.14. The number of ether oxygens (including phenoxy) is 2. The van der Waals surface area contributed by atoms with E-state index in [1.54, 1.807) is 31.2 Å². The molecule has 1 N–H and O–H groups in total. The van der Waals surface area contributed by atoms with E-state index in [0.717, 1.165) is 11.3 Å². The van der Waals surface area contributed by atoms with Crippen molar-refractivity contribution in [3.8, 4) is 11.5 Å². The molecule has 4 nitrogen and oxygen atoms in total. The first-order chi connectivity index (χ1) is 11.1. The topological polar surface area (TPSA) is 47.6 Å². The van der Waals surface area contributed by atoms with Crippen LogP contribution in [0.4, 0.5) is 0 Å². The van der Waals surface area contributed by atoms with Crippen molar-refractivity contribution in [1.82, 2.24) is 5.32 Å². The predicted molar refractivity (Wildman–Crippen MR) is 91.2 cm³/mol. The molecule has 0 saturated heterocycles. The normalized spacial score (nSPS) is 11.6. The highest BCUT2D eigenvalue weighted by atomic mass is 35.5. The molecule has 5 heteroatoms. The summed E-state index contributed by atoms with van der Waals surface area (Å²) in [6.45, 7) is 4.49. The van der Waals surface area contributed by atoms with E-state index in [2.05, 4.69) is 5.32 Å². The molecule has 0 saturated carbocycles. The fourth-order valence-electron chi connectivity index (χ4n) is 2.00. The van der Waals surface area contributed by atoms with Gasteiger partial charge in [0.2, 0.25) is 0 Å². The summed E-state index contributed by atoms with van der Waals surface area (Å²) in [5.41, 5.74) is 1.07. The second kappa shape index (κ2) is 8.44. The van der Waals surface area contributed by atoms with Gasteiger partial charge in [-0.2, -0.15) is 0 Å². The van der Waals surface area contributed by atoms with Gasteiger partial charge in [0, 0.05) is 5.02 Å². The van der Waals surface area contributed by atoms with E-state index >= 15 is 0 Å². The number of carbonyl (C=O) groups is 1. The van der Waals surface area contributed by atoms with E-state index in [-0.39, 0.29) is 5.91 Å². The number of aryl methyl sites for hydroxylation is 1. The Balaban J connectivity index is 1.73. The molecule has 0 heterocycles. The van der Waals surface area contributed by atoms with Crippen molar-refractivity contribution in [1.29, 1.82) is 0 Å². The van der Waals surface area contributed by atoms with Crippen molar-refractivity contribution < 1.29 is 14.3 Å². The number of nitrogens with one attached hydrogen (secondary N) is 1. The number of hydrogen-bond acceptors (Lipinski definition) is 3. The molecule has 23 heavy (non-hydrogen) atoms. The third-order valence-corrected chi connectivity index (χ3v) is 3.47. The van der Waals surface area contributed by atoms with Gasteiger partial charge >= 0.3 is 0 Å². The molecule has 0 fully saturated rings. The van der Waals surface area contributed by atoms with Crippen LogP contribution < -0.4 is 14.8 Å². The molecule has 0 aromatic heterocycles. The van der Waals surface area contributed by atoms with Gasteiger partial charge in [-0.3, -0.25) is 4.79 Å². The Morgan fingerprint density at radius 3 is 2.74 bits per heavy atom. The Morgan fingerprint density at radius 1 is 1.22 bits per heavy atom. The lowest BCUT2D eigenvalue weighted by atomic mass is 10.2. The number of halogens is 1. The predicted octanol–water partition coefficient (Wildman–Crippen LogP) is 3.61. The average molecular weight is 334 g/mol. The highest BCUT2D eigenvalue weighted by Crippen LogP contribution is 2.18. The highest BCUT2D eigenvalue weighted by molar-refractivity contribution is 6.30. The van der Waals surface area contributed by atoms with E-state index < -0.39 is 6.10 Å². The lowest BCUT2D eigenvalue weighted by molar-refractivity contribution is -0.127. The van der Waals surface area contributed by atoms with Gasteiger partial charge in [-0.25, -0.2) is 0 Å². The molecule has 0 aliphatic rings. The van der Waals surface area contributed by atoms with Crippen LogP contribution in [-0.2, 0) is 4.79 Å². The van der Waals surface area contributed by atoms with Crippen molar-refractivity contribution in [2.45, 2.75) is 20.0 Å². The molecule has 0 aliphatic heterocycles. The molecule has 0 aliphatic carbocycles. The van der Waals surface area contributed by atoms with Gasteiger partial charge in [-0.15, -0.1) is 0 Å². The maximum atomic E-state index is 12.0. The fourth-order valence-corrected chi connectivity index (χ4v) is 2.18. The summed E-state index contributed by atoms with van der Waals surface area (Å²) in [7, 11) is 0. The first-order valence-electron chi connectivity index (χ1n) is 7.44. The van der Waals surface area contributed by atoms with E-state index in [9.17, 15) is 4.79 Å². The van der Waals surface area contributed by atoms with Gasteiger partial charge < -0.3 is 14.8 Å². The molecule has 2 rings (SSSR count). The monoisotopic (exact) mass is 333 g/mol. The SMILES string of the molecule is Cc1ccccc1OCCNC(=O)C(C)Oc1cccc(Cl)c1. The first kappa shape index (κ1) is 17.2. The number of amides is 1. The van der Waals surface area contributed by atoms with Crippen molar-refractivity contribution in [3.63, 3.8) is 0 Å². The Kier molecular flexibility index (Phi) is 6.29. The molecule has 0 bridgehead atoms. The molecule has 2 aromatic carbocycles. The lowest BCUT2D eigenvalue weighted by Crippen LogP contribution is -2.38. The third kappa shape index (κ3) is 5.49. The fraction of sp³-hybridized carbons (Fsp3) is 0.278. The van der Waals surface area contributed by atoms with E-state index in [4.69, 9.17) is 21.1 Å². The standard InChI is InChI=1S/C18H20ClNO3/c1-13-6-3-4-9-17(13)22-11-10-20-18(21)14(2)23-16-8-5-7-15(19)12-16/h3-9,12,14H,10-11H2,1-2H3,(H,20,21). The molecule has 0 radical (unpaired) electrons. The van der Waals surface area contributed by atoms with Crippen molar-refractivity contribution >= 4 is 17.5 Å². The van der Waals surface area contributed by atoms with Crippen LogP contribution in [0.5, 0.6) is 11.5 Å². The zero-order valence-electron chi connectivity index (χ0n) is 13.2. The van der Waals surface area contributed by atoms with Crippen LogP contribution in [-0.4, -0.2) is 25.2 Å². The molecule has 1 unspecified atom stereocenters. The van der Waals surface area contributed by atoms with E-state index in [1.807, 2.05) is 31.2 Å². The number of benzene rings is 2. The smallest absolute Gasteiger partial charge is 0.260 e. The van der Waals surface area contributed by atoms with Crippen LogP contribution in [0.3, 0.4) is 0 Å². The summed E-state index contributed by atoms with van der Waals surface area (Å²) in [6.07, 6.45) is -0.605. The van der Waals surface area contributed by atoms with Crippen molar-refractivity contribution in [2.75, 3.05) is 13.2 Å². The summed E-state index contributed by atoms with van der Waals surface area (Å²) in [6, 6.07) is 14.7. The maximum Gasteiger partial charge on any atom is 0.260 e. The van der Waals surface area contributed by atoms with Gasteiger partial charge in [0.15, 0.2) is 6.10 Å². The Morgan fingerprint density at radius 2 is 2.00 bits per heavy atom. The van der Waals surface area contributed by atoms with Crippen LogP contribution in [0.2, 0.25) is 5.02 Å². The van der Waals surface area contributed by atoms with Gasteiger partial charge in [-0.05, 0) is 43.7 Å². The molecule has 1 atom stereocenters. The quantitative estimate of drug-likeness (QED) is 0.787. The summed E-state index contributed by atoms with van der Waals surface area (Å²) in [4.78, 5) is 12.0. The molecular weight excluding hydrogens is 314 g/mol. The number of para-hydroxylation sites is 1. The lowest BCUT2D eigenvalue weighted by Gasteiger charge is -2.15. The third-order valence-electron chi connectivity index (χ3n) is 3.23. The Labute approximate surface area is 141 Å². The number of carbonyl (C=O) groups excluding carboxylic acids is 1. The molecule has 122 valence electrons. The summed E-state index contributed by atoms with van der Waals surface area (Å²) >= 11 is 5.88. The minimum Gasteiger partial charge on any atom is -0.491 e. The average Bonchev–Trinajstić information content (AvgIpc) is 2.53. The van der Waals surface area contributed by atoms with Crippen LogP contribution in [0.25, 0.3) is 0 Å². The Hall–Kier alpha value is -2.20. The van der Waals surface area contributed by atoms with Gasteiger partial charge in [0.25, 0.3) is 5.91 Å². The van der Waals surface area contributed by atoms with Gasteiger partial charge in [0.05, 0.1) is 6.54 Å². The minimum absolute atomic E-state index is 0.196. The zero-order valence-corrected chi connectivity index (χ0v) is 14.0. The number of rotatable bonds is 7. The Bertz CT molecular complexity index is 660. The van der Waals surface area contributed by atoms with Gasteiger partial charge in [0.1, 0.15) is 18.1 Å². The van der Waals surface area contributed by atoms with Gasteiger partial charge in [-0.1, -0.05) is 35.9 Å². The zero-order chi connectivity index (χ0) is 16.7. The summed E-state index contributed by atoms with van der Waals surface area (Å²) < 4.78 is 11.2. The molecular formula is C18H20ClNO3. The minimum atomic E-state index is -0.605. The molecule has 0 spiro atoms. The van der Waals surface area contributed by atoms with Crippen LogP contribution in [0.1, 0.15) is 12.5 Å². The second-order valence-electron chi connectivity index (χ2n) is 5.12. The molecule has 1 amide bonds. The number of hydrogen-bond donors (Lipinski definition) is 1. The second-order valence-corrected chi connectivity index (χ2v) is 5.56. The van der Waals surface area contributed by atoms with Crippen LogP contribution >= 0.6 is 11.6 Å². The largest absolute Gasteiger partial charge is 0.491 e.